The van der Waals surface area contributed by atoms with E-state index in [1.54, 1.807) is 30.4 Å². The molecule has 1 fully saturated rings. The molecule has 26 heavy (non-hydrogen) atoms. The van der Waals surface area contributed by atoms with E-state index < -0.39 is 5.91 Å². The summed E-state index contributed by atoms with van der Waals surface area (Å²) in [6.07, 6.45) is 4.57. The molecule has 3 N–H and O–H groups in total. The highest BCUT2D eigenvalue weighted by molar-refractivity contribution is 6.04. The predicted octanol–water partition coefficient (Wildman–Crippen LogP) is 1.35. The highest BCUT2D eigenvalue weighted by Gasteiger charge is 2.25. The molecule has 3 rings (SSSR count). The van der Waals surface area contributed by atoms with Gasteiger partial charge < -0.3 is 11.1 Å². The minimum absolute atomic E-state index is 0.0201. The van der Waals surface area contributed by atoms with Crippen LogP contribution in [0, 0.1) is 11.8 Å². The molecule has 0 spiro atoms. The van der Waals surface area contributed by atoms with Gasteiger partial charge in [0.25, 0.3) is 5.91 Å². The quantitative estimate of drug-likeness (QED) is 0.625. The number of hydroxylamine groups is 1. The summed E-state index contributed by atoms with van der Waals surface area (Å²) in [5, 5.41) is 6.09. The van der Waals surface area contributed by atoms with Gasteiger partial charge in [0.1, 0.15) is 0 Å². The lowest BCUT2D eigenvalue weighted by molar-refractivity contribution is -0.119. The maximum Gasteiger partial charge on any atom is 0.250 e. The highest BCUT2D eigenvalue weighted by Crippen LogP contribution is 2.29. The molecule has 0 radical (unpaired) electrons. The zero-order chi connectivity index (χ0) is 18.7. The maximum absolute atomic E-state index is 12.1. The monoisotopic (exact) mass is 352 g/mol. The smallest absolute Gasteiger partial charge is 0.250 e. The third kappa shape index (κ3) is 3.46. The first-order chi connectivity index (χ1) is 12.5. The fraction of sp³-hybridized carbons (Fsp3) is 0.316. The van der Waals surface area contributed by atoms with Gasteiger partial charge in [-0.2, -0.15) is 0 Å². The van der Waals surface area contributed by atoms with Gasteiger partial charge >= 0.3 is 0 Å². The van der Waals surface area contributed by atoms with Gasteiger partial charge in [-0.15, -0.1) is 5.92 Å². The number of carbonyl (C=O) groups excluding carboxylic acids is 2. The number of primary amides is 1. The zero-order valence-electron chi connectivity index (χ0n) is 14.7. The van der Waals surface area contributed by atoms with Crippen LogP contribution in [0.4, 0.5) is 5.69 Å². The molecule has 1 aromatic carbocycles. The predicted molar refractivity (Wildman–Crippen MR) is 98.3 cm³/mol. The minimum atomic E-state index is -0.563. The molecule has 2 aromatic rings. The van der Waals surface area contributed by atoms with Crippen molar-refractivity contribution in [2.45, 2.75) is 25.8 Å². The van der Waals surface area contributed by atoms with Gasteiger partial charge in [0.05, 0.1) is 30.5 Å². The number of rotatable bonds is 5. The molecule has 0 aliphatic carbocycles. The number of aromatic nitrogens is 1. The molecule has 7 nitrogen and oxygen atoms in total. The Balaban J connectivity index is 2.07. The molecule has 0 bridgehead atoms. The van der Waals surface area contributed by atoms with Crippen molar-refractivity contribution in [1.29, 1.82) is 0 Å². The van der Waals surface area contributed by atoms with E-state index in [1.807, 2.05) is 6.07 Å². The van der Waals surface area contributed by atoms with E-state index in [0.717, 1.165) is 22.8 Å². The van der Waals surface area contributed by atoms with E-state index in [0.29, 0.717) is 24.2 Å². The van der Waals surface area contributed by atoms with Crippen molar-refractivity contribution >= 4 is 28.3 Å². The summed E-state index contributed by atoms with van der Waals surface area (Å²) in [6, 6.07) is 3.48. The molecule has 134 valence electrons. The number of nitrogens with one attached hydrogen (secondary N) is 1. The van der Waals surface area contributed by atoms with Crippen molar-refractivity contribution in [1.82, 2.24) is 10.3 Å². The van der Waals surface area contributed by atoms with Crippen molar-refractivity contribution in [2.24, 2.45) is 5.73 Å². The van der Waals surface area contributed by atoms with Gasteiger partial charge in [-0.1, -0.05) is 5.92 Å². The van der Waals surface area contributed by atoms with Crippen LogP contribution < -0.4 is 16.1 Å². The molecule has 1 aromatic heterocycles. The van der Waals surface area contributed by atoms with Crippen LogP contribution in [-0.4, -0.2) is 36.5 Å². The number of carbonyl (C=O) groups is 2. The molecule has 0 unspecified atom stereocenters. The lowest BCUT2D eigenvalue weighted by Gasteiger charge is -2.27. The number of fused-ring (bicyclic) bond motifs is 1. The van der Waals surface area contributed by atoms with Crippen LogP contribution in [-0.2, 0) is 9.63 Å². The summed E-state index contributed by atoms with van der Waals surface area (Å²) in [4.78, 5) is 33.2. The van der Waals surface area contributed by atoms with Crippen LogP contribution in [0.2, 0.25) is 0 Å². The Hall–Kier alpha value is -3.11. The van der Waals surface area contributed by atoms with Crippen LogP contribution in [0.25, 0.3) is 10.8 Å². The van der Waals surface area contributed by atoms with Gasteiger partial charge in [0.2, 0.25) is 5.91 Å². The van der Waals surface area contributed by atoms with Gasteiger partial charge in [0.15, 0.2) is 0 Å². The number of nitrogens with zero attached hydrogens (tertiary/aromatic N) is 2. The number of hydrogen-bond acceptors (Lipinski definition) is 5. The number of benzene rings is 1. The fourth-order valence-corrected chi connectivity index (χ4v) is 3.13. The second-order valence-electron chi connectivity index (χ2n) is 6.06. The Morgan fingerprint density at radius 3 is 2.88 bits per heavy atom. The van der Waals surface area contributed by atoms with E-state index in [-0.39, 0.29) is 11.9 Å². The van der Waals surface area contributed by atoms with Crippen LogP contribution in [0.1, 0.15) is 35.7 Å². The molecule has 1 atom stereocenters. The van der Waals surface area contributed by atoms with Gasteiger partial charge in [0, 0.05) is 35.6 Å². The first kappa shape index (κ1) is 17.7. The van der Waals surface area contributed by atoms with Crippen molar-refractivity contribution in [3.63, 3.8) is 0 Å². The Bertz CT molecular complexity index is 930. The Morgan fingerprint density at radius 1 is 1.46 bits per heavy atom. The summed E-state index contributed by atoms with van der Waals surface area (Å²) in [6.45, 7) is 2.15. The molecule has 2 amide bonds. The lowest BCUT2D eigenvalue weighted by Crippen LogP contribution is -2.39. The first-order valence-corrected chi connectivity index (χ1v) is 8.28. The number of amides is 2. The van der Waals surface area contributed by atoms with Gasteiger partial charge in [-0.3, -0.25) is 24.5 Å². The molecule has 7 heteroatoms. The third-order valence-electron chi connectivity index (χ3n) is 4.36. The summed E-state index contributed by atoms with van der Waals surface area (Å²) in [5.41, 5.74) is 7.20. The van der Waals surface area contributed by atoms with E-state index in [2.05, 4.69) is 22.1 Å². The van der Waals surface area contributed by atoms with Crippen LogP contribution >= 0.6 is 0 Å². The van der Waals surface area contributed by atoms with E-state index >= 15 is 0 Å². The topological polar surface area (TPSA) is 97.6 Å². The molecule has 0 saturated carbocycles. The largest absolute Gasteiger partial charge is 0.366 e. The van der Waals surface area contributed by atoms with Crippen molar-refractivity contribution in [2.75, 3.05) is 18.7 Å². The molecular weight excluding hydrogens is 332 g/mol. The fourth-order valence-electron chi connectivity index (χ4n) is 3.13. The second kappa shape index (κ2) is 7.42. The number of pyridine rings is 1. The molecule has 2 heterocycles. The van der Waals surface area contributed by atoms with Gasteiger partial charge in [-0.25, -0.2) is 0 Å². The normalized spacial score (nSPS) is 16.1. The first-order valence-electron chi connectivity index (χ1n) is 8.28. The SMILES string of the molecule is CC#Cc1cncc2cc(N(C[C@@H]3CCC(=O)N3)OC)c(C(N)=O)cc12. The maximum atomic E-state index is 12.1. The van der Waals surface area contributed by atoms with E-state index in [9.17, 15) is 9.59 Å². The number of hydrogen-bond donors (Lipinski definition) is 2. The Labute approximate surface area is 151 Å². The average Bonchev–Trinajstić information content (AvgIpc) is 3.04. The van der Waals surface area contributed by atoms with Crippen molar-refractivity contribution < 1.29 is 14.4 Å². The van der Waals surface area contributed by atoms with E-state index in [4.69, 9.17) is 10.6 Å². The third-order valence-corrected chi connectivity index (χ3v) is 4.36. The number of nitrogens with two attached hydrogens (primary N) is 1. The summed E-state index contributed by atoms with van der Waals surface area (Å²) < 4.78 is 0. The Kier molecular flexibility index (Phi) is 5.05. The van der Waals surface area contributed by atoms with Crippen molar-refractivity contribution in [3.8, 4) is 11.8 Å². The second-order valence-corrected chi connectivity index (χ2v) is 6.06. The van der Waals surface area contributed by atoms with Crippen molar-refractivity contribution in [3.05, 3.63) is 35.7 Å². The summed E-state index contributed by atoms with van der Waals surface area (Å²) in [7, 11) is 1.52. The Morgan fingerprint density at radius 2 is 2.27 bits per heavy atom. The molecule has 1 aliphatic rings. The van der Waals surface area contributed by atoms with Crippen LogP contribution in [0.5, 0.6) is 0 Å². The van der Waals surface area contributed by atoms with Crippen LogP contribution in [0.3, 0.4) is 0 Å². The number of anilines is 1. The minimum Gasteiger partial charge on any atom is -0.366 e. The highest BCUT2D eigenvalue weighted by atomic mass is 16.7. The van der Waals surface area contributed by atoms with Crippen LogP contribution in [0.15, 0.2) is 24.5 Å². The standard InChI is InChI=1S/C19H20N4O3/c1-3-4-12-9-21-10-13-7-17(16(19(20)25)8-15(12)13)23(26-2)11-14-5-6-18(24)22-14/h7-10,14H,5-6,11H2,1-2H3,(H2,20,25)(H,22,24)/t14-/m0/s1. The van der Waals surface area contributed by atoms with E-state index in [1.165, 1.54) is 7.11 Å². The summed E-state index contributed by atoms with van der Waals surface area (Å²) in [5.74, 6) is 5.29. The van der Waals surface area contributed by atoms with Gasteiger partial charge in [-0.05, 0) is 25.5 Å². The molecule has 1 aliphatic heterocycles. The molecule has 1 saturated heterocycles. The lowest BCUT2D eigenvalue weighted by atomic mass is 10.0. The molecular formula is C19H20N4O3. The summed E-state index contributed by atoms with van der Waals surface area (Å²) >= 11 is 0. The zero-order valence-corrected chi connectivity index (χ0v) is 14.7. The average molecular weight is 352 g/mol.